The lowest BCUT2D eigenvalue weighted by Gasteiger charge is -2.24. The van der Waals surface area contributed by atoms with Crippen LogP contribution in [-0.4, -0.2) is 46.3 Å². The van der Waals surface area contributed by atoms with Gasteiger partial charge in [-0.3, -0.25) is 4.79 Å². The number of anilines is 2. The Bertz CT molecular complexity index is 612. The van der Waals surface area contributed by atoms with Crippen LogP contribution in [0.1, 0.15) is 12.8 Å². The van der Waals surface area contributed by atoms with E-state index in [2.05, 4.69) is 33.5 Å². The molecule has 1 amide bonds. The third kappa shape index (κ3) is 2.86. The van der Waals surface area contributed by atoms with Crippen LogP contribution in [0.2, 0.25) is 0 Å². The zero-order valence-electron chi connectivity index (χ0n) is 12.0. The topological polar surface area (TPSA) is 67.2 Å². The third-order valence-electron chi connectivity index (χ3n) is 3.71. The lowest BCUT2D eigenvalue weighted by Crippen LogP contribution is -2.32. The van der Waals surface area contributed by atoms with Gasteiger partial charge in [0, 0.05) is 26.6 Å². The second-order valence-electron chi connectivity index (χ2n) is 5.13. The van der Waals surface area contributed by atoms with Gasteiger partial charge in [0.25, 0.3) is 0 Å². The number of nitrogens with zero attached hydrogens (tertiary/aromatic N) is 6. The first-order valence-corrected chi connectivity index (χ1v) is 7.07. The van der Waals surface area contributed by atoms with Crippen molar-refractivity contribution < 1.29 is 4.79 Å². The molecule has 7 nitrogen and oxygen atoms in total. The number of aryl methyl sites for hydroxylation is 1. The van der Waals surface area contributed by atoms with Crippen LogP contribution in [0.5, 0.6) is 0 Å². The maximum Gasteiger partial charge on any atom is 0.228 e. The lowest BCUT2D eigenvalue weighted by atomic mass is 10.2. The predicted molar refractivity (Wildman–Crippen MR) is 79.1 cm³/mol. The van der Waals surface area contributed by atoms with Gasteiger partial charge in [0.15, 0.2) is 0 Å². The van der Waals surface area contributed by atoms with Gasteiger partial charge in [-0.2, -0.15) is 0 Å². The van der Waals surface area contributed by atoms with E-state index in [0.29, 0.717) is 13.0 Å². The van der Waals surface area contributed by atoms with E-state index in [1.807, 2.05) is 23.1 Å². The fourth-order valence-corrected chi connectivity index (χ4v) is 2.61. The Labute approximate surface area is 123 Å². The molecule has 2 aromatic rings. The number of amides is 1. The number of carbonyl (C=O) groups excluding carboxylic acids is 1. The average Bonchev–Trinajstić information content (AvgIpc) is 2.96. The number of hydrogen-bond acceptors (Lipinski definition) is 5. The summed E-state index contributed by atoms with van der Waals surface area (Å²) in [6, 6.07) is 8.04. The van der Waals surface area contributed by atoms with Crippen LogP contribution in [0.25, 0.3) is 0 Å². The molecule has 0 bridgehead atoms. The number of tetrazole rings is 1. The minimum Gasteiger partial charge on any atom is -0.373 e. The van der Waals surface area contributed by atoms with Gasteiger partial charge < -0.3 is 9.80 Å². The standard InChI is InChI=1S/C14H18N6O/c1-18-8-4-9-20(13-6-3-2-5-12(13)18)14(21)7-10-19-11-15-16-17-19/h2-3,5-6,11H,4,7-10H2,1H3. The van der Waals surface area contributed by atoms with Crippen LogP contribution in [0, 0.1) is 0 Å². The highest BCUT2D eigenvalue weighted by Crippen LogP contribution is 2.31. The normalized spacial score (nSPS) is 14.7. The number of para-hydroxylation sites is 2. The van der Waals surface area contributed by atoms with Crippen molar-refractivity contribution in [2.24, 2.45) is 0 Å². The number of hydrogen-bond donors (Lipinski definition) is 0. The molecule has 0 spiro atoms. The maximum atomic E-state index is 12.5. The smallest absolute Gasteiger partial charge is 0.228 e. The summed E-state index contributed by atoms with van der Waals surface area (Å²) in [5, 5.41) is 10.9. The number of rotatable bonds is 3. The summed E-state index contributed by atoms with van der Waals surface area (Å²) in [6.07, 6.45) is 2.88. The van der Waals surface area contributed by atoms with Crippen LogP contribution < -0.4 is 9.80 Å². The summed E-state index contributed by atoms with van der Waals surface area (Å²) in [6.45, 7) is 2.20. The zero-order chi connectivity index (χ0) is 14.7. The largest absolute Gasteiger partial charge is 0.373 e. The second-order valence-corrected chi connectivity index (χ2v) is 5.13. The Morgan fingerprint density at radius 2 is 2.05 bits per heavy atom. The third-order valence-corrected chi connectivity index (χ3v) is 3.71. The van der Waals surface area contributed by atoms with Crippen molar-refractivity contribution in [2.45, 2.75) is 19.4 Å². The molecule has 0 atom stereocenters. The molecular formula is C14H18N6O. The van der Waals surface area contributed by atoms with Crippen LogP contribution in [0.4, 0.5) is 11.4 Å². The van der Waals surface area contributed by atoms with Crippen molar-refractivity contribution >= 4 is 17.3 Å². The quantitative estimate of drug-likeness (QED) is 0.840. The molecule has 1 aliphatic heterocycles. The SMILES string of the molecule is CN1CCCN(C(=O)CCn2cnnn2)c2ccccc21. The Kier molecular flexibility index (Phi) is 3.81. The van der Waals surface area contributed by atoms with E-state index in [9.17, 15) is 4.79 Å². The molecule has 3 rings (SSSR count). The molecule has 0 radical (unpaired) electrons. The van der Waals surface area contributed by atoms with E-state index in [1.54, 1.807) is 4.68 Å². The van der Waals surface area contributed by atoms with Gasteiger partial charge in [-0.15, -0.1) is 5.10 Å². The molecule has 110 valence electrons. The first-order valence-electron chi connectivity index (χ1n) is 7.07. The summed E-state index contributed by atoms with van der Waals surface area (Å²) in [4.78, 5) is 16.6. The zero-order valence-corrected chi connectivity index (χ0v) is 12.0. The number of aromatic nitrogens is 4. The Morgan fingerprint density at radius 1 is 1.24 bits per heavy atom. The van der Waals surface area contributed by atoms with E-state index < -0.39 is 0 Å². The molecule has 0 saturated carbocycles. The van der Waals surface area contributed by atoms with Gasteiger partial charge in [-0.25, -0.2) is 4.68 Å². The van der Waals surface area contributed by atoms with Crippen molar-refractivity contribution in [3.63, 3.8) is 0 Å². The van der Waals surface area contributed by atoms with Gasteiger partial charge in [0.05, 0.1) is 17.9 Å². The van der Waals surface area contributed by atoms with E-state index >= 15 is 0 Å². The molecule has 1 aromatic carbocycles. The van der Waals surface area contributed by atoms with Gasteiger partial charge >= 0.3 is 0 Å². The van der Waals surface area contributed by atoms with Crippen molar-refractivity contribution in [1.82, 2.24) is 20.2 Å². The fraction of sp³-hybridized carbons (Fsp3) is 0.429. The maximum absolute atomic E-state index is 12.5. The van der Waals surface area contributed by atoms with E-state index in [0.717, 1.165) is 30.9 Å². The van der Waals surface area contributed by atoms with Gasteiger partial charge in [0.1, 0.15) is 6.33 Å². The number of benzene rings is 1. The summed E-state index contributed by atoms with van der Waals surface area (Å²) < 4.78 is 1.58. The molecule has 7 heteroatoms. The highest BCUT2D eigenvalue weighted by molar-refractivity contribution is 5.97. The van der Waals surface area contributed by atoms with Crippen LogP contribution in [0.15, 0.2) is 30.6 Å². The van der Waals surface area contributed by atoms with Crippen molar-refractivity contribution in [1.29, 1.82) is 0 Å². The van der Waals surface area contributed by atoms with Gasteiger partial charge in [-0.1, -0.05) is 12.1 Å². The minimum absolute atomic E-state index is 0.105. The molecule has 0 saturated heterocycles. The second kappa shape index (κ2) is 5.90. The highest BCUT2D eigenvalue weighted by atomic mass is 16.2. The van der Waals surface area contributed by atoms with Crippen LogP contribution >= 0.6 is 0 Å². The fourth-order valence-electron chi connectivity index (χ4n) is 2.61. The first kappa shape index (κ1) is 13.5. The average molecular weight is 286 g/mol. The van der Waals surface area contributed by atoms with Crippen LogP contribution in [-0.2, 0) is 11.3 Å². The van der Waals surface area contributed by atoms with Gasteiger partial charge in [-0.05, 0) is 29.0 Å². The van der Waals surface area contributed by atoms with Gasteiger partial charge in [0.2, 0.25) is 5.91 Å². The molecule has 21 heavy (non-hydrogen) atoms. The molecule has 0 N–H and O–H groups in total. The Hall–Kier alpha value is -2.44. The number of carbonyl (C=O) groups is 1. The minimum atomic E-state index is 0.105. The van der Waals surface area contributed by atoms with Crippen molar-refractivity contribution in [3.05, 3.63) is 30.6 Å². The van der Waals surface area contributed by atoms with Crippen LogP contribution in [0.3, 0.4) is 0 Å². The Balaban J connectivity index is 1.77. The first-order chi connectivity index (χ1) is 10.3. The molecule has 0 unspecified atom stereocenters. The summed E-state index contributed by atoms with van der Waals surface area (Å²) in [5.41, 5.74) is 2.09. The van der Waals surface area contributed by atoms with Crippen molar-refractivity contribution in [3.8, 4) is 0 Å². The summed E-state index contributed by atoms with van der Waals surface area (Å²) in [5.74, 6) is 0.105. The molecular weight excluding hydrogens is 268 g/mol. The Morgan fingerprint density at radius 3 is 2.81 bits per heavy atom. The van der Waals surface area contributed by atoms with E-state index in [-0.39, 0.29) is 5.91 Å². The van der Waals surface area contributed by atoms with E-state index in [1.165, 1.54) is 6.33 Å². The molecule has 0 fully saturated rings. The lowest BCUT2D eigenvalue weighted by molar-refractivity contribution is -0.118. The molecule has 1 aromatic heterocycles. The van der Waals surface area contributed by atoms with E-state index in [4.69, 9.17) is 0 Å². The monoisotopic (exact) mass is 286 g/mol. The molecule has 0 aliphatic carbocycles. The molecule has 2 heterocycles. The highest BCUT2D eigenvalue weighted by Gasteiger charge is 2.22. The molecule has 1 aliphatic rings. The van der Waals surface area contributed by atoms with Crippen molar-refractivity contribution in [2.75, 3.05) is 29.9 Å². The predicted octanol–water partition coefficient (Wildman–Crippen LogP) is 0.936. The summed E-state index contributed by atoms with van der Waals surface area (Å²) >= 11 is 0. The summed E-state index contributed by atoms with van der Waals surface area (Å²) in [7, 11) is 2.06. The number of fused-ring (bicyclic) bond motifs is 1.